The predicted molar refractivity (Wildman–Crippen MR) is 121 cm³/mol. The van der Waals surface area contributed by atoms with Crippen LogP contribution in [0.1, 0.15) is 38.8 Å². The summed E-state index contributed by atoms with van der Waals surface area (Å²) < 4.78 is 21.6. The molecule has 2 aromatic rings. The quantitative estimate of drug-likeness (QED) is 0.504. The first-order chi connectivity index (χ1) is 14.7. The molecule has 0 aliphatic carbocycles. The summed E-state index contributed by atoms with van der Waals surface area (Å²) in [4.78, 5) is 0. The van der Waals surface area contributed by atoms with Crippen LogP contribution in [0.5, 0.6) is 11.5 Å². The topological polar surface area (TPSA) is 77.4 Å². The zero-order valence-electron chi connectivity index (χ0n) is 19.2. The summed E-state index contributed by atoms with van der Waals surface area (Å²) in [5.41, 5.74) is 2.08. The fraction of sp³-hybridized carbons (Fsp3) is 0.520. The molecular formula is C25H36O6. The van der Waals surface area contributed by atoms with Gasteiger partial charge in [0.1, 0.15) is 36.9 Å². The van der Waals surface area contributed by atoms with Gasteiger partial charge in [-0.2, -0.15) is 0 Å². The maximum absolute atomic E-state index is 9.93. The normalized spacial score (nSPS) is 13.8. The maximum Gasteiger partial charge on any atom is 0.119 e. The van der Waals surface area contributed by atoms with Gasteiger partial charge in [-0.25, -0.2) is 0 Å². The van der Waals surface area contributed by atoms with Crippen molar-refractivity contribution < 1.29 is 29.2 Å². The molecule has 2 rings (SSSR count). The third-order valence-electron chi connectivity index (χ3n) is 5.02. The zero-order chi connectivity index (χ0) is 22.9. The summed E-state index contributed by atoms with van der Waals surface area (Å²) >= 11 is 0. The van der Waals surface area contributed by atoms with Crippen molar-refractivity contribution in [2.45, 2.75) is 51.4 Å². The van der Waals surface area contributed by atoms with Gasteiger partial charge in [0.25, 0.3) is 0 Å². The molecule has 0 spiro atoms. The van der Waals surface area contributed by atoms with Crippen molar-refractivity contribution in [3.05, 3.63) is 59.7 Å². The molecule has 2 unspecified atom stereocenters. The molecule has 0 aliphatic heterocycles. The molecule has 2 atom stereocenters. The minimum absolute atomic E-state index is 0.0824. The summed E-state index contributed by atoms with van der Waals surface area (Å²) in [5, 5.41) is 19.6. The first-order valence-electron chi connectivity index (χ1n) is 10.7. The van der Waals surface area contributed by atoms with Gasteiger partial charge >= 0.3 is 0 Å². The van der Waals surface area contributed by atoms with Crippen LogP contribution in [-0.2, 0) is 14.9 Å². The molecule has 0 radical (unpaired) electrons. The summed E-state index contributed by atoms with van der Waals surface area (Å²) in [6.07, 6.45) is -1.22. The molecule has 0 bridgehead atoms. The molecule has 0 fully saturated rings. The van der Waals surface area contributed by atoms with Crippen molar-refractivity contribution in [3.8, 4) is 11.5 Å². The van der Waals surface area contributed by atoms with Crippen LogP contribution in [0, 0.1) is 0 Å². The first-order valence-corrected chi connectivity index (χ1v) is 10.7. The Labute approximate surface area is 185 Å². The number of aliphatic hydroxyl groups excluding tert-OH is 2. The Morgan fingerprint density at radius 1 is 0.710 bits per heavy atom. The van der Waals surface area contributed by atoms with Crippen LogP contribution in [-0.4, -0.2) is 62.1 Å². The molecule has 0 saturated carbocycles. The lowest BCUT2D eigenvalue weighted by Crippen LogP contribution is -2.25. The van der Waals surface area contributed by atoms with E-state index in [-0.39, 0.29) is 37.9 Å². The summed E-state index contributed by atoms with van der Waals surface area (Å²) in [6.45, 7) is 9.07. The van der Waals surface area contributed by atoms with Crippen LogP contribution in [0.15, 0.2) is 48.5 Å². The Morgan fingerprint density at radius 2 is 1.13 bits per heavy atom. The van der Waals surface area contributed by atoms with Crippen molar-refractivity contribution in [2.24, 2.45) is 0 Å². The molecule has 0 aromatic heterocycles. The molecular weight excluding hydrogens is 396 g/mol. The van der Waals surface area contributed by atoms with E-state index in [4.69, 9.17) is 18.9 Å². The predicted octanol–water partition coefficient (Wildman–Crippen LogP) is 3.56. The molecule has 0 saturated heterocycles. The molecule has 6 heteroatoms. The Morgan fingerprint density at radius 3 is 1.52 bits per heavy atom. The van der Waals surface area contributed by atoms with Gasteiger partial charge in [-0.05, 0) is 49.2 Å². The number of rotatable bonds is 13. The number of ether oxygens (including phenoxy) is 4. The van der Waals surface area contributed by atoms with Gasteiger partial charge in [0.05, 0.1) is 19.3 Å². The van der Waals surface area contributed by atoms with Crippen molar-refractivity contribution in [3.63, 3.8) is 0 Å². The van der Waals surface area contributed by atoms with E-state index in [2.05, 4.69) is 13.8 Å². The van der Waals surface area contributed by atoms with E-state index < -0.39 is 12.2 Å². The molecule has 172 valence electrons. The van der Waals surface area contributed by atoms with Gasteiger partial charge in [0.15, 0.2) is 0 Å². The highest BCUT2D eigenvalue weighted by Crippen LogP contribution is 2.33. The van der Waals surface area contributed by atoms with E-state index in [1.54, 1.807) is 7.11 Å². The van der Waals surface area contributed by atoms with Crippen molar-refractivity contribution in [1.82, 2.24) is 0 Å². The van der Waals surface area contributed by atoms with Gasteiger partial charge in [-0.15, -0.1) is 0 Å². The molecule has 0 heterocycles. The van der Waals surface area contributed by atoms with Crippen molar-refractivity contribution in [1.29, 1.82) is 0 Å². The fourth-order valence-corrected chi connectivity index (χ4v) is 3.08. The second-order valence-corrected chi connectivity index (χ2v) is 8.44. The highest BCUT2D eigenvalue weighted by atomic mass is 16.5. The monoisotopic (exact) mass is 432 g/mol. The van der Waals surface area contributed by atoms with Gasteiger partial charge in [0.2, 0.25) is 0 Å². The van der Waals surface area contributed by atoms with Crippen LogP contribution in [0.4, 0.5) is 0 Å². The average molecular weight is 433 g/mol. The van der Waals surface area contributed by atoms with E-state index in [1.807, 2.05) is 62.4 Å². The molecule has 2 aromatic carbocycles. The van der Waals surface area contributed by atoms with Gasteiger partial charge in [-0.1, -0.05) is 38.1 Å². The van der Waals surface area contributed by atoms with Crippen LogP contribution in [0.2, 0.25) is 0 Å². The van der Waals surface area contributed by atoms with Crippen LogP contribution >= 0.6 is 0 Å². The highest BCUT2D eigenvalue weighted by molar-refractivity contribution is 5.41. The van der Waals surface area contributed by atoms with Crippen LogP contribution in [0.25, 0.3) is 0 Å². The Kier molecular flexibility index (Phi) is 9.78. The second kappa shape index (κ2) is 12.1. The van der Waals surface area contributed by atoms with Crippen LogP contribution in [0.3, 0.4) is 0 Å². The third-order valence-corrected chi connectivity index (χ3v) is 5.02. The van der Waals surface area contributed by atoms with E-state index in [0.29, 0.717) is 11.5 Å². The smallest absolute Gasteiger partial charge is 0.119 e. The zero-order valence-corrected chi connectivity index (χ0v) is 19.2. The van der Waals surface area contributed by atoms with Crippen molar-refractivity contribution in [2.75, 3.05) is 33.5 Å². The fourth-order valence-electron chi connectivity index (χ4n) is 3.08. The number of methoxy groups -OCH3 is 1. The number of hydrogen-bond donors (Lipinski definition) is 2. The maximum atomic E-state index is 9.93. The Balaban J connectivity index is 1.94. The lowest BCUT2D eigenvalue weighted by molar-refractivity contribution is -0.0122. The van der Waals surface area contributed by atoms with Crippen LogP contribution < -0.4 is 9.47 Å². The lowest BCUT2D eigenvalue weighted by atomic mass is 9.78. The van der Waals surface area contributed by atoms with E-state index in [0.717, 1.165) is 11.1 Å². The molecule has 0 aliphatic rings. The number of benzene rings is 2. The minimum Gasteiger partial charge on any atom is -0.491 e. The number of aliphatic hydroxyl groups is 2. The Hall–Kier alpha value is -2.12. The molecule has 6 nitrogen and oxygen atoms in total. The van der Waals surface area contributed by atoms with E-state index in [1.165, 1.54) is 0 Å². The average Bonchev–Trinajstić information content (AvgIpc) is 2.75. The highest BCUT2D eigenvalue weighted by Gasteiger charge is 2.23. The first kappa shape index (κ1) is 25.1. The summed E-state index contributed by atoms with van der Waals surface area (Å²) in [6, 6.07) is 15.8. The molecule has 2 N–H and O–H groups in total. The van der Waals surface area contributed by atoms with Crippen molar-refractivity contribution >= 4 is 0 Å². The number of hydrogen-bond acceptors (Lipinski definition) is 6. The van der Waals surface area contributed by atoms with Gasteiger partial charge < -0.3 is 29.2 Å². The molecule has 0 amide bonds. The van der Waals surface area contributed by atoms with Gasteiger partial charge in [0, 0.05) is 12.5 Å². The summed E-state index contributed by atoms with van der Waals surface area (Å²) in [7, 11) is 1.55. The third kappa shape index (κ3) is 8.15. The standard InChI is InChI=1S/C25H36O6/c1-18(2)29-15-22(27)17-31-24-12-8-20(9-13-24)25(3,4)19-6-10-23(11-7-19)30-16-21(26)14-28-5/h6-13,18,21-22,26-27H,14-17H2,1-5H3. The molecule has 31 heavy (non-hydrogen) atoms. The Bertz CT molecular complexity index is 755. The SMILES string of the molecule is COCC(O)COc1ccc(C(C)(C)c2ccc(OCC(O)COC(C)C)cc2)cc1. The van der Waals surface area contributed by atoms with E-state index in [9.17, 15) is 10.2 Å². The van der Waals surface area contributed by atoms with E-state index >= 15 is 0 Å². The second-order valence-electron chi connectivity index (χ2n) is 8.44. The van der Waals surface area contributed by atoms with Gasteiger partial charge in [-0.3, -0.25) is 0 Å². The minimum atomic E-state index is -0.658. The largest absolute Gasteiger partial charge is 0.491 e. The summed E-state index contributed by atoms with van der Waals surface area (Å²) in [5.74, 6) is 1.42. The lowest BCUT2D eigenvalue weighted by Gasteiger charge is -2.26.